The maximum Gasteiger partial charge on any atom is 0.209 e. The van der Waals surface area contributed by atoms with Crippen molar-refractivity contribution in [3.8, 4) is 0 Å². The number of hydrogen-bond donors (Lipinski definition) is 2. The van der Waals surface area contributed by atoms with Gasteiger partial charge in [0.1, 0.15) is 0 Å². The van der Waals surface area contributed by atoms with E-state index in [4.69, 9.17) is 4.74 Å². The molecule has 0 atom stereocenters. The number of methoxy groups -OCH3 is 1. The van der Waals surface area contributed by atoms with Gasteiger partial charge in [-0.05, 0) is 23.3 Å². The minimum absolute atomic E-state index is 0.530. The van der Waals surface area contributed by atoms with E-state index in [0.29, 0.717) is 12.4 Å². The molecule has 20 heavy (non-hydrogen) atoms. The molecule has 1 aliphatic rings. The summed E-state index contributed by atoms with van der Waals surface area (Å²) < 4.78 is 6.75. The zero-order chi connectivity index (χ0) is 14.3. The lowest BCUT2D eigenvalue weighted by molar-refractivity contribution is 0.0732. The summed E-state index contributed by atoms with van der Waals surface area (Å²) in [6.45, 7) is 3.04. The predicted octanol–water partition coefficient (Wildman–Crippen LogP) is 0.306. The molecule has 0 unspecified atom stereocenters. The number of aliphatic hydroxyl groups is 1. The Morgan fingerprint density at radius 2 is 2.20 bits per heavy atom. The number of aromatic nitrogens is 4. The first-order valence-electron chi connectivity index (χ1n) is 7.04. The molecule has 0 radical (unpaired) electrons. The minimum atomic E-state index is -0.530. The number of nitrogens with one attached hydrogen (secondary N) is 1. The lowest BCUT2D eigenvalue weighted by Gasteiger charge is -2.20. The fourth-order valence-corrected chi connectivity index (χ4v) is 3.36. The SMILES string of the molecule is COCCNCCn1nnnc1SCC1(O)CCCC1. The summed E-state index contributed by atoms with van der Waals surface area (Å²) in [6, 6.07) is 0. The van der Waals surface area contributed by atoms with Gasteiger partial charge in [-0.2, -0.15) is 0 Å². The Morgan fingerprint density at radius 3 is 2.95 bits per heavy atom. The summed E-state index contributed by atoms with van der Waals surface area (Å²) in [7, 11) is 1.69. The van der Waals surface area contributed by atoms with Crippen molar-refractivity contribution < 1.29 is 9.84 Å². The number of thioether (sulfide) groups is 1. The number of hydrogen-bond acceptors (Lipinski definition) is 7. The molecular weight excluding hydrogens is 278 g/mol. The van der Waals surface area contributed by atoms with Crippen LogP contribution in [-0.4, -0.2) is 63.5 Å². The van der Waals surface area contributed by atoms with Crippen LogP contribution in [0.5, 0.6) is 0 Å². The first-order valence-corrected chi connectivity index (χ1v) is 8.03. The molecule has 0 spiro atoms. The number of rotatable bonds is 9. The third-order valence-corrected chi connectivity index (χ3v) is 4.72. The molecule has 1 aromatic rings. The molecule has 1 heterocycles. The molecule has 1 saturated carbocycles. The van der Waals surface area contributed by atoms with E-state index in [0.717, 1.165) is 50.5 Å². The van der Waals surface area contributed by atoms with Gasteiger partial charge < -0.3 is 15.2 Å². The Labute approximate surface area is 123 Å². The van der Waals surface area contributed by atoms with Gasteiger partial charge in [-0.25, -0.2) is 4.68 Å². The smallest absolute Gasteiger partial charge is 0.209 e. The second kappa shape index (κ2) is 7.92. The van der Waals surface area contributed by atoms with Crippen molar-refractivity contribution in [1.82, 2.24) is 25.5 Å². The molecule has 0 aromatic carbocycles. The van der Waals surface area contributed by atoms with Crippen molar-refractivity contribution in [2.45, 2.75) is 43.0 Å². The molecule has 7 nitrogen and oxygen atoms in total. The molecule has 114 valence electrons. The second-order valence-electron chi connectivity index (χ2n) is 5.15. The van der Waals surface area contributed by atoms with Gasteiger partial charge in [-0.1, -0.05) is 24.6 Å². The lowest BCUT2D eigenvalue weighted by Crippen LogP contribution is -2.27. The molecule has 2 N–H and O–H groups in total. The molecule has 1 aromatic heterocycles. The summed E-state index contributed by atoms with van der Waals surface area (Å²) in [4.78, 5) is 0. The molecular formula is C12H23N5O2S. The summed E-state index contributed by atoms with van der Waals surface area (Å²) >= 11 is 1.54. The standard InChI is InChI=1S/C12H23N5O2S/c1-19-9-7-13-6-8-17-11(14-15-16-17)20-10-12(18)4-2-3-5-12/h13,18H,2-10H2,1H3. The van der Waals surface area contributed by atoms with Crippen LogP contribution < -0.4 is 5.32 Å². The first-order chi connectivity index (χ1) is 9.73. The van der Waals surface area contributed by atoms with E-state index in [9.17, 15) is 5.11 Å². The molecule has 1 aliphatic carbocycles. The van der Waals surface area contributed by atoms with Crippen LogP contribution in [0.1, 0.15) is 25.7 Å². The molecule has 0 saturated heterocycles. The number of nitrogens with zero attached hydrogens (tertiary/aromatic N) is 4. The van der Waals surface area contributed by atoms with Crippen molar-refractivity contribution in [2.75, 3.05) is 32.6 Å². The molecule has 0 amide bonds. The van der Waals surface area contributed by atoms with Gasteiger partial charge in [-0.3, -0.25) is 0 Å². The van der Waals surface area contributed by atoms with E-state index in [1.165, 1.54) is 0 Å². The fraction of sp³-hybridized carbons (Fsp3) is 0.917. The van der Waals surface area contributed by atoms with Crippen molar-refractivity contribution in [3.63, 3.8) is 0 Å². The largest absolute Gasteiger partial charge is 0.389 e. The Bertz CT molecular complexity index is 395. The van der Waals surface area contributed by atoms with Crippen LogP contribution in [0, 0.1) is 0 Å². The number of ether oxygens (including phenoxy) is 1. The third kappa shape index (κ3) is 4.69. The Hall–Kier alpha value is -0.700. The topological polar surface area (TPSA) is 85.1 Å². The predicted molar refractivity (Wildman–Crippen MR) is 76.7 cm³/mol. The van der Waals surface area contributed by atoms with E-state index in [1.807, 2.05) is 0 Å². The maximum absolute atomic E-state index is 10.3. The van der Waals surface area contributed by atoms with Crippen LogP contribution in [0.25, 0.3) is 0 Å². The maximum atomic E-state index is 10.3. The first kappa shape index (κ1) is 15.7. The normalized spacial score (nSPS) is 17.7. The number of tetrazole rings is 1. The average Bonchev–Trinajstić information content (AvgIpc) is 3.06. The highest BCUT2D eigenvalue weighted by atomic mass is 32.2. The van der Waals surface area contributed by atoms with Gasteiger partial charge in [0, 0.05) is 26.0 Å². The van der Waals surface area contributed by atoms with E-state index in [2.05, 4.69) is 20.8 Å². The van der Waals surface area contributed by atoms with Gasteiger partial charge in [0.05, 0.1) is 18.8 Å². The molecule has 2 rings (SSSR count). The third-order valence-electron chi connectivity index (χ3n) is 3.49. The molecule has 0 aliphatic heterocycles. The molecule has 1 fully saturated rings. The Morgan fingerprint density at radius 1 is 1.40 bits per heavy atom. The summed E-state index contributed by atoms with van der Waals surface area (Å²) in [6.07, 6.45) is 4.01. The van der Waals surface area contributed by atoms with Gasteiger partial charge in [0.25, 0.3) is 0 Å². The zero-order valence-electron chi connectivity index (χ0n) is 11.9. The molecule has 0 bridgehead atoms. The molecule has 8 heteroatoms. The van der Waals surface area contributed by atoms with Crippen molar-refractivity contribution in [3.05, 3.63) is 0 Å². The van der Waals surface area contributed by atoms with Crippen molar-refractivity contribution >= 4 is 11.8 Å². The summed E-state index contributed by atoms with van der Waals surface area (Å²) in [5.74, 6) is 0.671. The quantitative estimate of drug-likeness (QED) is 0.501. The van der Waals surface area contributed by atoms with Crippen LogP contribution in [0.2, 0.25) is 0 Å². The monoisotopic (exact) mass is 301 g/mol. The highest BCUT2D eigenvalue weighted by molar-refractivity contribution is 7.99. The van der Waals surface area contributed by atoms with Gasteiger partial charge >= 0.3 is 0 Å². The zero-order valence-corrected chi connectivity index (χ0v) is 12.7. The summed E-state index contributed by atoms with van der Waals surface area (Å²) in [5, 5.41) is 26.1. The Kier molecular flexibility index (Phi) is 6.21. The van der Waals surface area contributed by atoms with E-state index in [-0.39, 0.29) is 0 Å². The van der Waals surface area contributed by atoms with E-state index < -0.39 is 5.60 Å². The van der Waals surface area contributed by atoms with Crippen LogP contribution in [-0.2, 0) is 11.3 Å². The van der Waals surface area contributed by atoms with Crippen LogP contribution in [0.4, 0.5) is 0 Å². The van der Waals surface area contributed by atoms with Crippen molar-refractivity contribution in [2.24, 2.45) is 0 Å². The average molecular weight is 301 g/mol. The van der Waals surface area contributed by atoms with Crippen molar-refractivity contribution in [1.29, 1.82) is 0 Å². The van der Waals surface area contributed by atoms with Crippen LogP contribution in [0.15, 0.2) is 5.16 Å². The summed E-state index contributed by atoms with van der Waals surface area (Å²) in [5.41, 5.74) is -0.530. The highest BCUT2D eigenvalue weighted by Gasteiger charge is 2.31. The Balaban J connectivity index is 1.73. The van der Waals surface area contributed by atoms with E-state index >= 15 is 0 Å². The fourth-order valence-electron chi connectivity index (χ4n) is 2.30. The van der Waals surface area contributed by atoms with Gasteiger partial charge in [-0.15, -0.1) is 5.10 Å². The van der Waals surface area contributed by atoms with E-state index in [1.54, 1.807) is 23.6 Å². The van der Waals surface area contributed by atoms with Crippen LogP contribution in [0.3, 0.4) is 0 Å². The van der Waals surface area contributed by atoms with Crippen LogP contribution >= 0.6 is 11.8 Å². The second-order valence-corrected chi connectivity index (χ2v) is 6.09. The van der Waals surface area contributed by atoms with Gasteiger partial charge in [0.2, 0.25) is 5.16 Å². The van der Waals surface area contributed by atoms with Gasteiger partial charge in [0.15, 0.2) is 0 Å². The minimum Gasteiger partial charge on any atom is -0.389 e. The lowest BCUT2D eigenvalue weighted by atomic mass is 10.1. The highest BCUT2D eigenvalue weighted by Crippen LogP contribution is 2.33.